The van der Waals surface area contributed by atoms with Crippen LogP contribution in [0.3, 0.4) is 0 Å². The smallest absolute Gasteiger partial charge is 0.393 e. The average Bonchev–Trinajstić information content (AvgIpc) is 3.46. The molecule has 3 fully saturated rings. The Morgan fingerprint density at radius 1 is 1.11 bits per heavy atom. The maximum Gasteiger partial charge on any atom is 0.417 e. The molecular weight excluding hydrogens is 510 g/mol. The lowest BCUT2D eigenvalue weighted by atomic mass is 9.61. The molecule has 0 bridgehead atoms. The fourth-order valence-corrected chi connectivity index (χ4v) is 6.37. The third kappa shape index (κ3) is 7.42. The quantitative estimate of drug-likeness (QED) is 0.250. The van der Waals surface area contributed by atoms with E-state index in [4.69, 9.17) is 0 Å². The fourth-order valence-electron chi connectivity index (χ4n) is 6.37. The number of hydrogen-bond acceptors (Lipinski definition) is 3. The molecule has 0 aromatic heterocycles. The van der Waals surface area contributed by atoms with Gasteiger partial charge in [-0.25, -0.2) is 0 Å². The second-order valence-electron chi connectivity index (χ2n) is 11.4. The maximum absolute atomic E-state index is 12.6. The van der Waals surface area contributed by atoms with Crippen LogP contribution in [0.4, 0.5) is 26.3 Å². The molecule has 38 heavy (non-hydrogen) atoms. The Morgan fingerprint density at radius 2 is 1.74 bits per heavy atom. The third-order valence-electron chi connectivity index (χ3n) is 8.40. The van der Waals surface area contributed by atoms with E-state index in [0.29, 0.717) is 30.8 Å². The van der Waals surface area contributed by atoms with Gasteiger partial charge in [0.15, 0.2) is 6.10 Å². The second kappa shape index (κ2) is 11.3. The number of aliphatic hydroxyl groups excluding tert-OH is 3. The van der Waals surface area contributed by atoms with Gasteiger partial charge in [-0.3, -0.25) is 0 Å². The van der Waals surface area contributed by atoms with Crippen LogP contribution >= 0.6 is 0 Å². The van der Waals surface area contributed by atoms with E-state index < -0.39 is 30.7 Å². The molecule has 0 aromatic carbocycles. The number of alkyl halides is 6. The molecule has 0 saturated heterocycles. The Morgan fingerprint density at radius 3 is 2.32 bits per heavy atom. The van der Waals surface area contributed by atoms with Crippen LogP contribution in [-0.2, 0) is 0 Å². The van der Waals surface area contributed by atoms with Gasteiger partial charge in [-0.05, 0) is 79.3 Å². The predicted molar refractivity (Wildman–Crippen MR) is 134 cm³/mol. The molecule has 0 radical (unpaired) electrons. The van der Waals surface area contributed by atoms with Crippen molar-refractivity contribution in [2.24, 2.45) is 16.7 Å². The van der Waals surface area contributed by atoms with Gasteiger partial charge in [0.2, 0.25) is 0 Å². The predicted octanol–water partition coefficient (Wildman–Crippen LogP) is 7.27. The van der Waals surface area contributed by atoms with Crippen molar-refractivity contribution in [2.75, 3.05) is 0 Å². The molecule has 4 rings (SSSR count). The maximum atomic E-state index is 12.6. The summed E-state index contributed by atoms with van der Waals surface area (Å²) in [4.78, 5) is 0. The molecule has 5 atom stereocenters. The number of hydrogen-bond donors (Lipinski definition) is 3. The van der Waals surface area contributed by atoms with Gasteiger partial charge in [-0.15, -0.1) is 0 Å². The van der Waals surface area contributed by atoms with Crippen LogP contribution in [0, 0.1) is 16.7 Å². The van der Waals surface area contributed by atoms with Crippen molar-refractivity contribution in [2.45, 2.75) is 102 Å². The zero-order valence-corrected chi connectivity index (χ0v) is 21.9. The molecule has 3 N–H and O–H groups in total. The molecule has 0 amide bonds. The lowest BCUT2D eigenvalue weighted by molar-refractivity contribution is -0.187. The summed E-state index contributed by atoms with van der Waals surface area (Å²) in [5.41, 5.74) is 4.27. The molecule has 214 valence electrons. The van der Waals surface area contributed by atoms with Crippen molar-refractivity contribution in [1.29, 1.82) is 0 Å². The number of rotatable bonds is 5. The first-order chi connectivity index (χ1) is 17.5. The van der Waals surface area contributed by atoms with Crippen LogP contribution in [0.25, 0.3) is 0 Å². The number of halogens is 6. The highest BCUT2D eigenvalue weighted by Gasteiger charge is 2.56. The van der Waals surface area contributed by atoms with Gasteiger partial charge < -0.3 is 15.3 Å². The van der Waals surface area contributed by atoms with Crippen molar-refractivity contribution < 1.29 is 41.7 Å². The van der Waals surface area contributed by atoms with Crippen molar-refractivity contribution >= 4 is 0 Å². The van der Waals surface area contributed by atoms with E-state index in [0.717, 1.165) is 50.2 Å². The largest absolute Gasteiger partial charge is 0.417 e. The first-order valence-electron chi connectivity index (χ1n) is 13.1. The molecule has 4 aliphatic rings. The number of fused-ring (bicyclic) bond motifs is 1. The van der Waals surface area contributed by atoms with Crippen LogP contribution in [0.15, 0.2) is 59.3 Å². The highest BCUT2D eigenvalue weighted by atomic mass is 19.4. The lowest BCUT2D eigenvalue weighted by Crippen LogP contribution is -2.33. The Labute approximate surface area is 220 Å². The molecule has 0 aromatic rings. The van der Waals surface area contributed by atoms with Gasteiger partial charge in [-0.2, -0.15) is 26.3 Å². The van der Waals surface area contributed by atoms with Gasteiger partial charge in [0.25, 0.3) is 0 Å². The monoisotopic (exact) mass is 548 g/mol. The standard InChI is InChI=1S/C27H35F3O3.C2H3F3/c1-17-19(15-20(31)16-22(17)32)8-7-18-5-3-11-25(2)21(18)9-10-23(25)26(13-14-26)12-4-6-24(33)27(28,29)30;1-2(3,4)5/h4,6-8,10,20-22,24,31-33H,1,3,5,9,11-16H2,2H3;1H3/b6-4-,18-7+,19-8-;/t20-,21+,22?,24?,25?;/m1./s1. The molecular formula is C29H38F6O3. The van der Waals surface area contributed by atoms with Gasteiger partial charge >= 0.3 is 12.4 Å². The highest BCUT2D eigenvalue weighted by molar-refractivity contribution is 5.42. The van der Waals surface area contributed by atoms with E-state index in [1.165, 1.54) is 17.2 Å². The zero-order chi connectivity index (χ0) is 28.5. The normalized spacial score (nSPS) is 34.1. The van der Waals surface area contributed by atoms with Gasteiger partial charge in [0, 0.05) is 13.3 Å². The Kier molecular flexibility index (Phi) is 9.16. The zero-order valence-electron chi connectivity index (χ0n) is 21.9. The van der Waals surface area contributed by atoms with Crippen molar-refractivity contribution in [3.05, 3.63) is 59.3 Å². The summed E-state index contributed by atoms with van der Waals surface area (Å²) >= 11 is 0. The minimum Gasteiger partial charge on any atom is -0.393 e. The summed E-state index contributed by atoms with van der Waals surface area (Å²) in [6, 6.07) is 0. The van der Waals surface area contributed by atoms with Crippen molar-refractivity contribution in [3.8, 4) is 0 Å². The second-order valence-corrected chi connectivity index (χ2v) is 11.4. The van der Waals surface area contributed by atoms with E-state index in [1.54, 1.807) is 0 Å². The molecule has 0 spiro atoms. The first kappa shape index (κ1) is 30.7. The molecule has 0 aliphatic heterocycles. The van der Waals surface area contributed by atoms with E-state index in [2.05, 4.69) is 25.7 Å². The molecule has 3 unspecified atom stereocenters. The van der Waals surface area contributed by atoms with Crippen LogP contribution < -0.4 is 0 Å². The summed E-state index contributed by atoms with van der Waals surface area (Å²) in [5.74, 6) is 0.368. The lowest BCUT2D eigenvalue weighted by Gasteiger charge is -2.43. The van der Waals surface area contributed by atoms with Crippen LogP contribution in [-0.4, -0.2) is 46.0 Å². The Bertz CT molecular complexity index is 993. The summed E-state index contributed by atoms with van der Waals surface area (Å²) in [7, 11) is 0. The van der Waals surface area contributed by atoms with Crippen LogP contribution in [0.1, 0.15) is 71.6 Å². The molecule has 0 heterocycles. The van der Waals surface area contributed by atoms with Crippen molar-refractivity contribution in [3.63, 3.8) is 0 Å². The summed E-state index contributed by atoms with van der Waals surface area (Å²) in [5, 5.41) is 29.4. The molecule has 9 heteroatoms. The third-order valence-corrected chi connectivity index (χ3v) is 8.40. The van der Waals surface area contributed by atoms with Gasteiger partial charge in [0.1, 0.15) is 0 Å². The van der Waals surface area contributed by atoms with Gasteiger partial charge in [0.05, 0.1) is 12.2 Å². The number of aliphatic hydroxyl groups is 3. The van der Waals surface area contributed by atoms with Crippen LogP contribution in [0.5, 0.6) is 0 Å². The minimum absolute atomic E-state index is 0.00181. The van der Waals surface area contributed by atoms with Crippen molar-refractivity contribution in [1.82, 2.24) is 0 Å². The van der Waals surface area contributed by atoms with E-state index in [1.807, 2.05) is 6.08 Å². The molecule has 4 aliphatic carbocycles. The molecule has 3 saturated carbocycles. The van der Waals surface area contributed by atoms with Gasteiger partial charge in [-0.1, -0.05) is 55.0 Å². The van der Waals surface area contributed by atoms with E-state index >= 15 is 0 Å². The SMILES string of the molecule is C=C1/C(=C\C=C2/CCCC3(C)C(C4(C/C=C\C(O)C(F)(F)F)CC4)=CC[C@@H]23)C[C@@H](O)CC1O.CC(F)(F)F. The highest BCUT2D eigenvalue weighted by Crippen LogP contribution is 2.67. The fraction of sp³-hybridized carbons (Fsp3) is 0.655. The summed E-state index contributed by atoms with van der Waals surface area (Å²) in [6.45, 7) is 6.49. The Hall–Kier alpha value is -1.84. The van der Waals surface area contributed by atoms with E-state index in [-0.39, 0.29) is 17.8 Å². The Balaban J connectivity index is 0.000000732. The molecule has 3 nitrogen and oxygen atoms in total. The topological polar surface area (TPSA) is 60.7 Å². The first-order valence-corrected chi connectivity index (χ1v) is 13.1. The average molecular weight is 549 g/mol. The minimum atomic E-state index is -4.62. The summed E-state index contributed by atoms with van der Waals surface area (Å²) < 4.78 is 68.9. The summed E-state index contributed by atoms with van der Waals surface area (Å²) in [6.07, 6.45) is 4.01. The van der Waals surface area contributed by atoms with Crippen LogP contribution in [0.2, 0.25) is 0 Å². The van der Waals surface area contributed by atoms with E-state index in [9.17, 15) is 41.7 Å². The number of allylic oxidation sites excluding steroid dienone is 6.